The molecule has 1 amide bonds. The largest absolute Gasteiger partial charge is 0.398 e. The lowest BCUT2D eigenvalue weighted by atomic mass is 10.2. The van der Waals surface area contributed by atoms with Crippen LogP contribution in [0.4, 0.5) is 5.69 Å². The fourth-order valence-corrected chi connectivity index (χ4v) is 2.78. The van der Waals surface area contributed by atoms with Gasteiger partial charge in [-0.1, -0.05) is 0 Å². The van der Waals surface area contributed by atoms with Crippen molar-refractivity contribution < 1.29 is 4.79 Å². The quantitative estimate of drug-likeness (QED) is 0.879. The Morgan fingerprint density at radius 2 is 2.25 bits per heavy atom. The van der Waals surface area contributed by atoms with Gasteiger partial charge in [0.25, 0.3) is 5.91 Å². The first kappa shape index (κ1) is 11.5. The van der Waals surface area contributed by atoms with Crippen LogP contribution in [0.25, 0.3) is 0 Å². The van der Waals surface area contributed by atoms with Gasteiger partial charge in [0.05, 0.1) is 4.88 Å². The van der Waals surface area contributed by atoms with Crippen LogP contribution >= 0.6 is 11.3 Å². The lowest BCUT2D eigenvalue weighted by molar-refractivity contribution is 0.0732. The third kappa shape index (κ3) is 2.07. The van der Waals surface area contributed by atoms with Crippen LogP contribution < -0.4 is 5.73 Å². The van der Waals surface area contributed by atoms with E-state index in [9.17, 15) is 4.79 Å². The number of nitrogens with zero attached hydrogens (tertiary/aromatic N) is 1. The number of aryl methyl sites for hydroxylation is 1. The molecule has 3 nitrogen and oxygen atoms in total. The normalized spacial score (nSPS) is 17.2. The van der Waals surface area contributed by atoms with Crippen LogP contribution in [0.1, 0.15) is 34.3 Å². The van der Waals surface area contributed by atoms with Gasteiger partial charge in [-0.05, 0) is 38.7 Å². The number of rotatable bonds is 3. The van der Waals surface area contributed by atoms with Crippen molar-refractivity contribution in [2.24, 2.45) is 5.92 Å². The summed E-state index contributed by atoms with van der Waals surface area (Å²) in [4.78, 5) is 15.8. The minimum absolute atomic E-state index is 0.101. The number of nitrogen functional groups attached to an aromatic ring is 1. The summed E-state index contributed by atoms with van der Waals surface area (Å²) in [5, 5.41) is 0. The van der Waals surface area contributed by atoms with E-state index in [0.29, 0.717) is 12.0 Å². The zero-order chi connectivity index (χ0) is 11.9. The molecule has 1 saturated carbocycles. The van der Waals surface area contributed by atoms with E-state index in [4.69, 9.17) is 5.73 Å². The molecular weight excluding hydrogens is 220 g/mol. The average Bonchev–Trinajstić information content (AvgIpc) is 3.04. The van der Waals surface area contributed by atoms with Gasteiger partial charge >= 0.3 is 0 Å². The van der Waals surface area contributed by atoms with E-state index in [-0.39, 0.29) is 5.91 Å². The van der Waals surface area contributed by atoms with Crippen molar-refractivity contribution in [1.82, 2.24) is 4.90 Å². The van der Waals surface area contributed by atoms with Gasteiger partial charge in [-0.25, -0.2) is 0 Å². The smallest absolute Gasteiger partial charge is 0.263 e. The van der Waals surface area contributed by atoms with Crippen LogP contribution in [-0.4, -0.2) is 23.9 Å². The molecule has 0 spiro atoms. The Kier molecular flexibility index (Phi) is 2.93. The molecule has 16 heavy (non-hydrogen) atoms. The Morgan fingerprint density at radius 3 is 2.69 bits per heavy atom. The minimum Gasteiger partial charge on any atom is -0.398 e. The first-order chi connectivity index (χ1) is 7.50. The highest BCUT2D eigenvalue weighted by atomic mass is 32.1. The highest BCUT2D eigenvalue weighted by Crippen LogP contribution is 2.35. The lowest BCUT2D eigenvalue weighted by Gasteiger charge is -2.24. The molecule has 1 unspecified atom stereocenters. The summed E-state index contributed by atoms with van der Waals surface area (Å²) < 4.78 is 0. The van der Waals surface area contributed by atoms with Crippen molar-refractivity contribution in [1.29, 1.82) is 0 Å². The number of hydrogen-bond acceptors (Lipinski definition) is 3. The molecule has 0 aliphatic heterocycles. The van der Waals surface area contributed by atoms with Crippen LogP contribution in [0, 0.1) is 12.8 Å². The number of anilines is 1. The van der Waals surface area contributed by atoms with Crippen molar-refractivity contribution in [3.63, 3.8) is 0 Å². The number of carbonyl (C=O) groups is 1. The summed E-state index contributed by atoms with van der Waals surface area (Å²) >= 11 is 1.48. The zero-order valence-electron chi connectivity index (χ0n) is 9.99. The second kappa shape index (κ2) is 4.09. The molecule has 0 radical (unpaired) electrons. The van der Waals surface area contributed by atoms with Crippen molar-refractivity contribution in [2.75, 3.05) is 12.8 Å². The van der Waals surface area contributed by atoms with Gasteiger partial charge in [-0.2, -0.15) is 0 Å². The highest BCUT2D eigenvalue weighted by molar-refractivity contribution is 7.14. The molecule has 0 saturated heterocycles. The first-order valence-corrected chi connectivity index (χ1v) is 6.45. The summed E-state index contributed by atoms with van der Waals surface area (Å²) in [7, 11) is 1.89. The maximum absolute atomic E-state index is 12.2. The molecule has 1 aliphatic rings. The molecule has 88 valence electrons. The van der Waals surface area contributed by atoms with Crippen molar-refractivity contribution in [3.8, 4) is 0 Å². The fourth-order valence-electron chi connectivity index (χ4n) is 1.86. The van der Waals surface area contributed by atoms with E-state index >= 15 is 0 Å². The standard InChI is InChI=1S/C12H18N2OS/c1-7(9-4-5-9)14(3)12(15)11-6-10(13)8(2)16-11/h6-7,9H,4-5,13H2,1-3H3. The Morgan fingerprint density at radius 1 is 1.62 bits per heavy atom. The zero-order valence-corrected chi connectivity index (χ0v) is 10.8. The highest BCUT2D eigenvalue weighted by Gasteiger charge is 2.33. The summed E-state index contributed by atoms with van der Waals surface area (Å²) in [5.74, 6) is 0.802. The Hall–Kier alpha value is -1.03. The van der Waals surface area contributed by atoms with E-state index in [1.165, 1.54) is 24.2 Å². The Labute approximate surface area is 100 Å². The SMILES string of the molecule is Cc1sc(C(=O)N(C)C(C)C2CC2)cc1N. The Balaban J connectivity index is 2.11. The third-order valence-electron chi connectivity index (χ3n) is 3.40. The van der Waals surface area contributed by atoms with Gasteiger partial charge in [0.15, 0.2) is 0 Å². The van der Waals surface area contributed by atoms with Crippen LogP contribution in [0.3, 0.4) is 0 Å². The molecule has 0 aromatic carbocycles. The molecule has 1 heterocycles. The predicted octanol–water partition coefficient (Wildman–Crippen LogP) is 2.51. The molecule has 1 aromatic rings. The number of carbonyl (C=O) groups excluding carboxylic acids is 1. The van der Waals surface area contributed by atoms with E-state index in [1.807, 2.05) is 18.9 Å². The summed E-state index contributed by atoms with van der Waals surface area (Å²) in [6.07, 6.45) is 2.51. The molecule has 1 aromatic heterocycles. The molecule has 1 fully saturated rings. The van der Waals surface area contributed by atoms with Gasteiger partial charge in [-0.15, -0.1) is 11.3 Å². The lowest BCUT2D eigenvalue weighted by Crippen LogP contribution is -2.35. The van der Waals surface area contributed by atoms with E-state index < -0.39 is 0 Å². The van der Waals surface area contributed by atoms with Gasteiger partial charge < -0.3 is 10.6 Å². The second-order valence-electron chi connectivity index (χ2n) is 4.62. The summed E-state index contributed by atoms with van der Waals surface area (Å²) in [6.45, 7) is 4.07. The van der Waals surface area contributed by atoms with Crippen LogP contribution in [-0.2, 0) is 0 Å². The summed E-state index contributed by atoms with van der Waals surface area (Å²) in [6, 6.07) is 2.13. The minimum atomic E-state index is 0.101. The first-order valence-electron chi connectivity index (χ1n) is 5.63. The van der Waals surface area contributed by atoms with Crippen molar-refractivity contribution >= 4 is 22.9 Å². The van der Waals surface area contributed by atoms with Crippen LogP contribution in [0.2, 0.25) is 0 Å². The van der Waals surface area contributed by atoms with E-state index in [0.717, 1.165) is 15.4 Å². The van der Waals surface area contributed by atoms with Crippen LogP contribution in [0.15, 0.2) is 6.07 Å². The molecule has 1 atom stereocenters. The summed E-state index contributed by atoms with van der Waals surface area (Å²) in [5.41, 5.74) is 6.49. The van der Waals surface area contributed by atoms with Gasteiger partial charge in [0.2, 0.25) is 0 Å². The molecule has 2 N–H and O–H groups in total. The molecule has 0 bridgehead atoms. The fraction of sp³-hybridized carbons (Fsp3) is 0.583. The van der Waals surface area contributed by atoms with Crippen molar-refractivity contribution in [2.45, 2.75) is 32.7 Å². The maximum Gasteiger partial charge on any atom is 0.263 e. The van der Waals surface area contributed by atoms with Gasteiger partial charge in [0, 0.05) is 23.7 Å². The third-order valence-corrected chi connectivity index (χ3v) is 4.46. The number of thiophene rings is 1. The molecule has 2 rings (SSSR count). The van der Waals surface area contributed by atoms with E-state index in [2.05, 4.69) is 6.92 Å². The van der Waals surface area contributed by atoms with Gasteiger partial charge in [0.1, 0.15) is 0 Å². The second-order valence-corrected chi connectivity index (χ2v) is 5.87. The number of amides is 1. The topological polar surface area (TPSA) is 46.3 Å². The van der Waals surface area contributed by atoms with Gasteiger partial charge in [-0.3, -0.25) is 4.79 Å². The Bertz CT molecular complexity index is 390. The van der Waals surface area contributed by atoms with Crippen molar-refractivity contribution in [3.05, 3.63) is 15.8 Å². The predicted molar refractivity (Wildman–Crippen MR) is 67.7 cm³/mol. The average molecular weight is 238 g/mol. The molecular formula is C12H18N2OS. The number of nitrogens with two attached hydrogens (primary N) is 1. The van der Waals surface area contributed by atoms with Crippen LogP contribution in [0.5, 0.6) is 0 Å². The molecule has 1 aliphatic carbocycles. The maximum atomic E-state index is 12.2. The number of hydrogen-bond donors (Lipinski definition) is 1. The molecule has 4 heteroatoms. The monoisotopic (exact) mass is 238 g/mol. The van der Waals surface area contributed by atoms with E-state index in [1.54, 1.807) is 6.07 Å².